The minimum atomic E-state index is -4.58. The first-order valence-electron chi connectivity index (χ1n) is 12.2. The van der Waals surface area contributed by atoms with Gasteiger partial charge in [0.15, 0.2) is 0 Å². The lowest BCUT2D eigenvalue weighted by Gasteiger charge is -2.24. The highest BCUT2D eigenvalue weighted by Crippen LogP contribution is 2.28. The quantitative estimate of drug-likeness (QED) is 0.275. The van der Waals surface area contributed by atoms with Gasteiger partial charge in [-0.2, -0.15) is 13.2 Å². The molecule has 0 radical (unpaired) electrons. The van der Waals surface area contributed by atoms with Gasteiger partial charge >= 0.3 is 12.1 Å². The molecule has 3 heterocycles. The Morgan fingerprint density at radius 2 is 1.92 bits per heavy atom. The number of anilines is 2. The van der Waals surface area contributed by atoms with Crippen LogP contribution in [0.25, 0.3) is 0 Å². The van der Waals surface area contributed by atoms with Gasteiger partial charge in [0.05, 0.1) is 5.56 Å². The van der Waals surface area contributed by atoms with Crippen LogP contribution in [0.1, 0.15) is 48.9 Å². The molecule has 0 unspecified atom stereocenters. The Balaban J connectivity index is 1.51. The van der Waals surface area contributed by atoms with Crippen molar-refractivity contribution in [1.82, 2.24) is 19.9 Å². The molecule has 3 rings (SSSR count). The van der Waals surface area contributed by atoms with E-state index < -0.39 is 29.7 Å². The van der Waals surface area contributed by atoms with Gasteiger partial charge in [0.25, 0.3) is 0 Å². The molecule has 0 saturated heterocycles. The summed E-state index contributed by atoms with van der Waals surface area (Å²) in [5, 5.41) is 15.5. The van der Waals surface area contributed by atoms with Gasteiger partial charge in [-0.1, -0.05) is 6.07 Å². The molecule has 0 aromatic carbocycles. The summed E-state index contributed by atoms with van der Waals surface area (Å²) in [6.45, 7) is 2.26. The van der Waals surface area contributed by atoms with Crippen LogP contribution in [0.3, 0.4) is 0 Å². The zero-order valence-corrected chi connectivity index (χ0v) is 20.4. The molecule has 37 heavy (non-hydrogen) atoms. The maximum absolute atomic E-state index is 12.7. The molecule has 2 aromatic rings. The second kappa shape index (κ2) is 13.2. The number of hydrogen-bond acceptors (Lipinski definition) is 8. The van der Waals surface area contributed by atoms with Crippen LogP contribution in [0, 0.1) is 0 Å². The maximum Gasteiger partial charge on any atom is 0.419 e. The van der Waals surface area contributed by atoms with Crippen molar-refractivity contribution in [2.75, 3.05) is 36.8 Å². The highest BCUT2D eigenvalue weighted by molar-refractivity contribution is 5.76. The lowest BCUT2D eigenvalue weighted by molar-refractivity contribution is -0.139. The molecule has 0 aliphatic carbocycles. The number of carbonyl (C=O) groups excluding carboxylic acids is 1. The minimum absolute atomic E-state index is 0.122. The normalized spacial score (nSPS) is 14.1. The molecule has 13 heteroatoms. The fourth-order valence-corrected chi connectivity index (χ4v) is 4.03. The summed E-state index contributed by atoms with van der Waals surface area (Å²) < 4.78 is 38.1. The number of amides is 1. The van der Waals surface area contributed by atoms with E-state index in [-0.39, 0.29) is 18.8 Å². The van der Waals surface area contributed by atoms with Gasteiger partial charge in [-0.3, -0.25) is 4.79 Å². The molecule has 5 N–H and O–H groups in total. The molecular weight excluding hydrogens is 491 g/mol. The molecule has 0 saturated carbocycles. The van der Waals surface area contributed by atoms with E-state index in [4.69, 9.17) is 10.7 Å². The number of nitrogens with zero attached hydrogens (tertiary/aromatic N) is 4. The number of aliphatic carboxylic acids is 1. The number of halogens is 3. The Bertz CT molecular complexity index is 1050. The summed E-state index contributed by atoms with van der Waals surface area (Å²) in [6.07, 6.45) is 1.45. The third-order valence-corrected chi connectivity index (χ3v) is 6.10. The Morgan fingerprint density at radius 3 is 2.59 bits per heavy atom. The summed E-state index contributed by atoms with van der Waals surface area (Å²) in [5.41, 5.74) is 6.51. The third kappa shape index (κ3) is 9.16. The zero-order valence-electron chi connectivity index (χ0n) is 20.4. The van der Waals surface area contributed by atoms with E-state index in [1.54, 1.807) is 0 Å². The van der Waals surface area contributed by atoms with Crippen molar-refractivity contribution in [2.24, 2.45) is 5.73 Å². The van der Waals surface area contributed by atoms with Crippen molar-refractivity contribution in [3.8, 4) is 0 Å². The molecule has 0 bridgehead atoms. The first-order chi connectivity index (χ1) is 17.6. The number of aryl methyl sites for hydroxylation is 2. The number of nitrogens with two attached hydrogens (primary N) is 1. The number of hydrogen-bond donors (Lipinski definition) is 4. The average molecular weight is 524 g/mol. The highest BCUT2D eigenvalue weighted by Gasteiger charge is 2.31. The zero-order chi connectivity index (χ0) is 26.8. The minimum Gasteiger partial charge on any atom is -0.480 e. The van der Waals surface area contributed by atoms with Crippen molar-refractivity contribution in [3.05, 3.63) is 41.3 Å². The smallest absolute Gasteiger partial charge is 0.419 e. The molecule has 0 fully saturated rings. The van der Waals surface area contributed by atoms with Gasteiger partial charge in [0.2, 0.25) is 11.9 Å². The van der Waals surface area contributed by atoms with Gasteiger partial charge in [0.1, 0.15) is 11.9 Å². The van der Waals surface area contributed by atoms with Crippen LogP contribution in [0.5, 0.6) is 0 Å². The predicted octanol–water partition coefficient (Wildman–Crippen LogP) is 2.70. The Morgan fingerprint density at radius 1 is 1.16 bits per heavy atom. The molecular formula is C24H32F3N7O3. The number of carboxylic acids is 1. The van der Waals surface area contributed by atoms with Crippen LogP contribution in [-0.2, 0) is 28.6 Å². The number of nitrogens with one attached hydrogen (secondary N) is 2. The first kappa shape index (κ1) is 28.1. The second-order valence-corrected chi connectivity index (χ2v) is 8.97. The highest BCUT2D eigenvalue weighted by atomic mass is 19.4. The molecule has 202 valence electrons. The fraction of sp³-hybridized carbons (Fsp3) is 0.542. The Kier molecular flexibility index (Phi) is 10.0. The Hall–Kier alpha value is -3.48. The molecule has 1 atom stereocenters. The van der Waals surface area contributed by atoms with Gasteiger partial charge in [0, 0.05) is 44.1 Å². The van der Waals surface area contributed by atoms with E-state index in [0.717, 1.165) is 50.2 Å². The number of carbonyl (C=O) groups is 2. The number of fused-ring (bicyclic) bond motifs is 1. The van der Waals surface area contributed by atoms with Crippen LogP contribution in [0.4, 0.5) is 24.9 Å². The summed E-state index contributed by atoms with van der Waals surface area (Å²) in [5.74, 6) is -0.903. The second-order valence-electron chi connectivity index (χ2n) is 8.97. The van der Waals surface area contributed by atoms with Gasteiger partial charge < -0.3 is 26.4 Å². The number of unbranched alkanes of at least 4 members (excludes halogenated alkanes) is 1. The predicted molar refractivity (Wildman–Crippen MR) is 131 cm³/mol. The Labute approximate surface area is 212 Å². The molecule has 1 aliphatic rings. The lowest BCUT2D eigenvalue weighted by Crippen LogP contribution is -2.37. The van der Waals surface area contributed by atoms with Crippen molar-refractivity contribution < 1.29 is 27.9 Å². The summed E-state index contributed by atoms with van der Waals surface area (Å²) in [7, 11) is 0. The molecule has 0 spiro atoms. The number of primary amides is 1. The molecule has 10 nitrogen and oxygen atoms in total. The molecule has 2 aromatic heterocycles. The molecule has 1 aliphatic heterocycles. The van der Waals surface area contributed by atoms with Crippen molar-refractivity contribution in [3.63, 3.8) is 0 Å². The van der Waals surface area contributed by atoms with E-state index in [1.807, 2.05) is 11.0 Å². The SMILES string of the molecule is NC(=O)CCN(CCCCc1ccc2c(n1)NCCC2)CC[C@H](Nc1ncc(C(F)(F)F)cn1)C(=O)O. The van der Waals surface area contributed by atoms with E-state index >= 15 is 0 Å². The molecule has 1 amide bonds. The topological polar surface area (TPSA) is 146 Å². The standard InChI is InChI=1S/C24H32F3N7O3/c25-24(26,27)17-14-30-23(31-15-17)33-19(22(36)37)8-12-34(13-9-20(28)35)11-2-1-5-18-7-6-16-4-3-10-29-21(16)32-18/h6-7,14-15,19H,1-5,8-13H2,(H2,28,35)(H,29,32)(H,36,37)(H,30,31,33)/t19-/m0/s1. The number of pyridine rings is 1. The summed E-state index contributed by atoms with van der Waals surface area (Å²) >= 11 is 0. The first-order valence-corrected chi connectivity index (χ1v) is 12.2. The number of alkyl halides is 3. The largest absolute Gasteiger partial charge is 0.480 e. The number of rotatable bonds is 14. The van der Waals surface area contributed by atoms with Gasteiger partial charge in [-0.15, -0.1) is 0 Å². The number of carboxylic acid groups (broad SMARTS) is 1. The summed E-state index contributed by atoms with van der Waals surface area (Å²) in [6, 6.07) is 3.03. The van der Waals surface area contributed by atoms with Crippen molar-refractivity contribution in [1.29, 1.82) is 0 Å². The van der Waals surface area contributed by atoms with Gasteiger partial charge in [-0.25, -0.2) is 19.7 Å². The van der Waals surface area contributed by atoms with Crippen LogP contribution >= 0.6 is 0 Å². The maximum atomic E-state index is 12.7. The third-order valence-electron chi connectivity index (χ3n) is 6.10. The summed E-state index contributed by atoms with van der Waals surface area (Å²) in [4.78, 5) is 36.8. The fourth-order valence-electron chi connectivity index (χ4n) is 4.03. The van der Waals surface area contributed by atoms with E-state index in [9.17, 15) is 27.9 Å². The van der Waals surface area contributed by atoms with E-state index in [2.05, 4.69) is 26.7 Å². The van der Waals surface area contributed by atoms with E-state index in [0.29, 0.717) is 32.0 Å². The number of aromatic nitrogens is 3. The van der Waals surface area contributed by atoms with Gasteiger partial charge in [-0.05, 0) is 56.7 Å². The lowest BCUT2D eigenvalue weighted by atomic mass is 10.1. The van der Waals surface area contributed by atoms with Crippen LogP contribution in [0.2, 0.25) is 0 Å². The van der Waals surface area contributed by atoms with Crippen molar-refractivity contribution in [2.45, 2.75) is 57.2 Å². The van der Waals surface area contributed by atoms with Crippen LogP contribution in [-0.4, -0.2) is 69.1 Å². The van der Waals surface area contributed by atoms with Crippen LogP contribution in [0.15, 0.2) is 24.5 Å². The monoisotopic (exact) mass is 523 g/mol. The van der Waals surface area contributed by atoms with Crippen LogP contribution < -0.4 is 16.4 Å². The van der Waals surface area contributed by atoms with Crippen molar-refractivity contribution >= 4 is 23.6 Å². The average Bonchev–Trinajstić information content (AvgIpc) is 2.86. The van der Waals surface area contributed by atoms with E-state index in [1.165, 1.54) is 5.56 Å².